The predicted octanol–water partition coefficient (Wildman–Crippen LogP) is 16.4. The molecule has 2 aliphatic carbocycles. The van der Waals surface area contributed by atoms with Gasteiger partial charge in [0.05, 0.1) is 17.1 Å². The summed E-state index contributed by atoms with van der Waals surface area (Å²) in [4.78, 5) is 4.93. The lowest BCUT2D eigenvalue weighted by atomic mass is 9.74. The van der Waals surface area contributed by atoms with Gasteiger partial charge in [0.25, 0.3) is 0 Å². The number of anilines is 5. The van der Waals surface area contributed by atoms with Crippen LogP contribution < -0.4 is 9.80 Å². The molecule has 310 valence electrons. The number of allylic oxidation sites excluding steroid dienone is 9. The highest BCUT2D eigenvalue weighted by Crippen LogP contribution is 2.55. The van der Waals surface area contributed by atoms with E-state index in [2.05, 4.69) is 250 Å². The molecule has 0 saturated heterocycles. The molecule has 0 fully saturated rings. The topological polar surface area (TPSA) is 6.48 Å². The Labute approximate surface area is 378 Å². The molecule has 0 aromatic heterocycles. The molecule has 2 unspecified atom stereocenters. The minimum atomic E-state index is -0.0532. The van der Waals surface area contributed by atoms with Crippen LogP contribution in [-0.4, -0.2) is 0 Å². The number of hydrogen-bond acceptors (Lipinski definition) is 2. The van der Waals surface area contributed by atoms with Gasteiger partial charge in [-0.25, -0.2) is 0 Å². The number of rotatable bonds is 7. The molecule has 11 rings (SSSR count). The Morgan fingerprint density at radius 2 is 1.20 bits per heavy atom. The van der Waals surface area contributed by atoms with Crippen molar-refractivity contribution in [1.29, 1.82) is 0 Å². The molecule has 2 heteroatoms. The number of para-hydroxylation sites is 4. The van der Waals surface area contributed by atoms with Crippen LogP contribution in [0.5, 0.6) is 0 Å². The van der Waals surface area contributed by atoms with E-state index >= 15 is 0 Å². The minimum Gasteiger partial charge on any atom is -0.310 e. The number of fused-ring (bicyclic) bond motifs is 8. The monoisotopic (exact) mass is 824 g/mol. The van der Waals surface area contributed by atoms with Gasteiger partial charge in [0.15, 0.2) is 0 Å². The van der Waals surface area contributed by atoms with Crippen LogP contribution in [0.3, 0.4) is 0 Å². The van der Waals surface area contributed by atoms with Crippen molar-refractivity contribution in [2.45, 2.75) is 44.9 Å². The SMILES string of the molecule is C=C(C=CC(C=Cc1ccc2c(c1)C(C)(C)C1C=C(N3c4ccccc4C=Cc4ccccc43)C=CC21)=CC)c1ccc(N2c3ccccc3CCc3ccccc32)c2ccccc12. The second kappa shape index (κ2) is 16.0. The molecule has 0 N–H and O–H groups in total. The van der Waals surface area contributed by atoms with E-state index in [1.54, 1.807) is 0 Å². The summed E-state index contributed by atoms with van der Waals surface area (Å²) in [5, 5.41) is 2.41. The molecule has 2 aliphatic heterocycles. The van der Waals surface area contributed by atoms with Crippen molar-refractivity contribution in [3.8, 4) is 0 Å². The van der Waals surface area contributed by atoms with E-state index in [-0.39, 0.29) is 5.41 Å². The standard InChI is InChI=1S/C62H52N2/c1-5-43(27-26-42(2)50-38-39-61(54-21-11-10-20-51(50)54)64-59-24-14-8-18-47(59)33-34-48-19-9-15-25-60(48)64)28-29-44-30-36-52-53-37-35-49(41-56(53)62(3,4)55(52)40-44)63-57-22-12-6-16-45(57)31-32-46-17-7-13-23-58(46)63/h5-32,35-41,53,56H,2,33-34H2,1,3-4H3. The van der Waals surface area contributed by atoms with Gasteiger partial charge >= 0.3 is 0 Å². The molecule has 7 aromatic carbocycles. The first kappa shape index (κ1) is 39.4. The van der Waals surface area contributed by atoms with Gasteiger partial charge in [0, 0.05) is 28.4 Å². The lowest BCUT2D eigenvalue weighted by Crippen LogP contribution is -2.28. The number of nitrogens with zero attached hydrogens (tertiary/aromatic N) is 2. The van der Waals surface area contributed by atoms with Gasteiger partial charge in [-0.1, -0.05) is 196 Å². The highest BCUT2D eigenvalue weighted by Gasteiger charge is 2.45. The van der Waals surface area contributed by atoms with Crippen molar-refractivity contribution in [1.82, 2.24) is 0 Å². The van der Waals surface area contributed by atoms with Gasteiger partial charge in [0.1, 0.15) is 0 Å². The van der Waals surface area contributed by atoms with Crippen molar-refractivity contribution >= 4 is 63.0 Å². The predicted molar refractivity (Wildman–Crippen MR) is 274 cm³/mol. The maximum Gasteiger partial charge on any atom is 0.0540 e. The lowest BCUT2D eigenvalue weighted by molar-refractivity contribution is 0.392. The Bertz CT molecular complexity index is 3100. The second-order valence-electron chi connectivity index (χ2n) is 18.1. The fourth-order valence-electron chi connectivity index (χ4n) is 10.8. The largest absolute Gasteiger partial charge is 0.310 e. The molecule has 0 saturated carbocycles. The van der Waals surface area contributed by atoms with E-state index in [4.69, 9.17) is 0 Å². The van der Waals surface area contributed by atoms with Crippen molar-refractivity contribution < 1.29 is 0 Å². The van der Waals surface area contributed by atoms with E-state index in [9.17, 15) is 0 Å². The van der Waals surface area contributed by atoms with E-state index in [1.165, 1.54) is 83.9 Å². The Morgan fingerprint density at radius 3 is 1.88 bits per heavy atom. The third kappa shape index (κ3) is 6.73. The molecule has 2 nitrogen and oxygen atoms in total. The fourth-order valence-corrected chi connectivity index (χ4v) is 10.8. The van der Waals surface area contributed by atoms with Crippen LogP contribution >= 0.6 is 0 Å². The molecule has 0 bridgehead atoms. The van der Waals surface area contributed by atoms with Crippen LogP contribution in [0.1, 0.15) is 71.2 Å². The maximum absolute atomic E-state index is 4.61. The van der Waals surface area contributed by atoms with Crippen molar-refractivity contribution in [2.24, 2.45) is 5.92 Å². The normalized spacial score (nSPS) is 18.2. The molecule has 2 atom stereocenters. The van der Waals surface area contributed by atoms with E-state index < -0.39 is 0 Å². The molecule has 0 spiro atoms. The Kier molecular flexibility index (Phi) is 9.89. The molecule has 0 radical (unpaired) electrons. The Balaban J connectivity index is 0.854. The van der Waals surface area contributed by atoms with Gasteiger partial charge in [-0.05, 0) is 129 Å². The lowest BCUT2D eigenvalue weighted by Gasteiger charge is -2.35. The van der Waals surface area contributed by atoms with E-state index in [0.717, 1.165) is 29.6 Å². The first-order valence-corrected chi connectivity index (χ1v) is 22.8. The molecule has 4 aliphatic rings. The van der Waals surface area contributed by atoms with E-state index in [0.29, 0.717) is 11.8 Å². The molecular formula is C62H52N2. The maximum atomic E-state index is 4.61. The zero-order valence-corrected chi connectivity index (χ0v) is 36.9. The first-order valence-electron chi connectivity index (χ1n) is 22.8. The smallest absolute Gasteiger partial charge is 0.0540 e. The number of benzene rings is 7. The second-order valence-corrected chi connectivity index (χ2v) is 18.1. The molecule has 7 aromatic rings. The van der Waals surface area contributed by atoms with Crippen molar-refractivity contribution in [3.05, 3.63) is 257 Å². The summed E-state index contributed by atoms with van der Waals surface area (Å²) >= 11 is 0. The van der Waals surface area contributed by atoms with Crippen LogP contribution in [0.15, 0.2) is 212 Å². The van der Waals surface area contributed by atoms with Crippen LogP contribution in [0.4, 0.5) is 28.4 Å². The highest BCUT2D eigenvalue weighted by molar-refractivity contribution is 6.05. The fraction of sp³-hybridized carbons (Fsp3) is 0.129. The zero-order chi connectivity index (χ0) is 43.4. The van der Waals surface area contributed by atoms with Crippen LogP contribution in [0.2, 0.25) is 0 Å². The van der Waals surface area contributed by atoms with Gasteiger partial charge < -0.3 is 9.80 Å². The van der Waals surface area contributed by atoms with Crippen LogP contribution in [-0.2, 0) is 18.3 Å². The van der Waals surface area contributed by atoms with Gasteiger partial charge in [0.2, 0.25) is 0 Å². The average Bonchev–Trinajstić information content (AvgIpc) is 3.46. The zero-order valence-electron chi connectivity index (χ0n) is 36.9. The minimum absolute atomic E-state index is 0.0532. The molecule has 64 heavy (non-hydrogen) atoms. The van der Waals surface area contributed by atoms with Gasteiger partial charge in [-0.3, -0.25) is 0 Å². The molecule has 2 heterocycles. The summed E-state index contributed by atoms with van der Waals surface area (Å²) in [6.45, 7) is 11.6. The summed E-state index contributed by atoms with van der Waals surface area (Å²) in [6.07, 6.45) is 24.9. The molecular weight excluding hydrogens is 773 g/mol. The van der Waals surface area contributed by atoms with Gasteiger partial charge in [-0.15, -0.1) is 0 Å². The summed E-state index contributed by atoms with van der Waals surface area (Å²) in [7, 11) is 0. The van der Waals surface area contributed by atoms with Crippen LogP contribution in [0.25, 0.3) is 34.6 Å². The van der Waals surface area contributed by atoms with Crippen molar-refractivity contribution in [2.75, 3.05) is 9.80 Å². The average molecular weight is 825 g/mol. The first-order chi connectivity index (χ1) is 31.4. The highest BCUT2D eigenvalue weighted by atomic mass is 15.2. The number of aryl methyl sites for hydroxylation is 2. The third-order valence-electron chi connectivity index (χ3n) is 14.1. The van der Waals surface area contributed by atoms with E-state index in [1.807, 2.05) is 0 Å². The quantitative estimate of drug-likeness (QED) is 0.148. The van der Waals surface area contributed by atoms with Crippen molar-refractivity contribution in [3.63, 3.8) is 0 Å². The summed E-state index contributed by atoms with van der Waals surface area (Å²) in [5.41, 5.74) is 19.8. The summed E-state index contributed by atoms with van der Waals surface area (Å²) in [5.74, 6) is 0.668. The van der Waals surface area contributed by atoms with Crippen LogP contribution in [0, 0.1) is 5.92 Å². The summed E-state index contributed by atoms with van der Waals surface area (Å²) in [6, 6.07) is 55.6. The van der Waals surface area contributed by atoms with Gasteiger partial charge in [-0.2, -0.15) is 0 Å². The third-order valence-corrected chi connectivity index (χ3v) is 14.1. The molecule has 0 amide bonds. The number of hydrogen-bond donors (Lipinski definition) is 0. The summed E-state index contributed by atoms with van der Waals surface area (Å²) < 4.78 is 0. The Morgan fingerprint density at radius 1 is 0.594 bits per heavy atom. The Hall–Kier alpha value is -7.42.